The molecule has 0 unspecified atom stereocenters. The molecular weight excluding hydrogens is 585 g/mol. The van der Waals surface area contributed by atoms with Crippen LogP contribution < -0.4 is 15.0 Å². The van der Waals surface area contributed by atoms with E-state index in [9.17, 15) is 14.0 Å². The molecule has 2 aromatic rings. The van der Waals surface area contributed by atoms with Gasteiger partial charge in [-0.25, -0.2) is 9.37 Å². The fourth-order valence-electron chi connectivity index (χ4n) is 8.00. The number of hydrogen-bond donors (Lipinski definition) is 1. The van der Waals surface area contributed by atoms with Crippen LogP contribution in [0.1, 0.15) is 89.9 Å². The SMILES string of the molecule is CCN(C(=O)c1cc(F)ccc1Oc1nncnc1N1CC2(CCN(CC3CCC4(CC3)CC(=C(C)C)C(=O)N4)CC2)C1)C(C)C. The highest BCUT2D eigenvalue weighted by atomic mass is 19.1. The van der Waals surface area contributed by atoms with Crippen molar-refractivity contribution in [1.29, 1.82) is 0 Å². The van der Waals surface area contributed by atoms with E-state index in [1.165, 1.54) is 37.4 Å². The van der Waals surface area contributed by atoms with Crippen LogP contribution in [0.3, 0.4) is 0 Å². The van der Waals surface area contributed by atoms with Crippen molar-refractivity contribution in [2.75, 3.05) is 44.2 Å². The average Bonchev–Trinajstić information content (AvgIpc) is 3.34. The Morgan fingerprint density at radius 1 is 1.15 bits per heavy atom. The van der Waals surface area contributed by atoms with Gasteiger partial charge in [0.05, 0.1) is 5.56 Å². The molecule has 11 heteroatoms. The Bertz CT molecular complexity index is 1480. The molecule has 46 heavy (non-hydrogen) atoms. The maximum absolute atomic E-state index is 14.3. The predicted molar refractivity (Wildman–Crippen MR) is 174 cm³/mol. The van der Waals surface area contributed by atoms with Crippen molar-refractivity contribution >= 4 is 17.6 Å². The fourth-order valence-corrected chi connectivity index (χ4v) is 8.00. The Morgan fingerprint density at radius 2 is 1.87 bits per heavy atom. The van der Waals surface area contributed by atoms with Gasteiger partial charge in [0.1, 0.15) is 17.9 Å². The average molecular weight is 634 g/mol. The lowest BCUT2D eigenvalue weighted by Crippen LogP contribution is -2.61. The quantitative estimate of drug-likeness (QED) is 0.388. The molecule has 4 heterocycles. The molecule has 10 nitrogen and oxygen atoms in total. The smallest absolute Gasteiger partial charge is 0.282 e. The van der Waals surface area contributed by atoms with E-state index in [1.807, 2.05) is 34.6 Å². The van der Waals surface area contributed by atoms with Crippen LogP contribution >= 0.6 is 0 Å². The minimum Gasteiger partial charge on any atom is -0.434 e. The molecule has 0 atom stereocenters. The Kier molecular flexibility index (Phi) is 9.06. The minimum atomic E-state index is -0.503. The normalized spacial score (nSPS) is 24.3. The number of aromatic nitrogens is 3. The van der Waals surface area contributed by atoms with Crippen LogP contribution in [0.5, 0.6) is 11.6 Å². The fraction of sp³-hybridized carbons (Fsp3) is 0.629. The van der Waals surface area contributed by atoms with E-state index in [4.69, 9.17) is 4.74 Å². The van der Waals surface area contributed by atoms with Crippen molar-refractivity contribution in [2.24, 2.45) is 11.3 Å². The molecule has 6 rings (SSSR count). The van der Waals surface area contributed by atoms with E-state index in [-0.39, 0.29) is 46.0 Å². The first-order valence-corrected chi connectivity index (χ1v) is 16.9. The van der Waals surface area contributed by atoms with Crippen molar-refractivity contribution in [3.8, 4) is 11.6 Å². The first-order chi connectivity index (χ1) is 22.0. The molecule has 3 saturated heterocycles. The number of anilines is 1. The van der Waals surface area contributed by atoms with E-state index < -0.39 is 5.82 Å². The van der Waals surface area contributed by atoms with Crippen molar-refractivity contribution in [3.63, 3.8) is 0 Å². The van der Waals surface area contributed by atoms with Gasteiger partial charge >= 0.3 is 0 Å². The van der Waals surface area contributed by atoms with Crippen molar-refractivity contribution < 1.29 is 18.7 Å². The number of amides is 2. The number of ether oxygens (including phenoxy) is 1. The van der Waals surface area contributed by atoms with E-state index in [0.717, 1.165) is 76.0 Å². The summed E-state index contributed by atoms with van der Waals surface area (Å²) in [5.74, 6) is 1.07. The number of hydrogen-bond acceptors (Lipinski definition) is 8. The highest BCUT2D eigenvalue weighted by Crippen LogP contribution is 2.45. The molecule has 3 aliphatic heterocycles. The Hall–Kier alpha value is -3.60. The Morgan fingerprint density at radius 3 is 2.50 bits per heavy atom. The van der Waals surface area contributed by atoms with Gasteiger partial charge in [0.15, 0.2) is 5.82 Å². The molecule has 0 radical (unpaired) electrons. The molecule has 1 saturated carbocycles. The lowest BCUT2D eigenvalue weighted by molar-refractivity contribution is -0.117. The van der Waals surface area contributed by atoms with E-state index in [1.54, 1.807) is 4.90 Å². The minimum absolute atomic E-state index is 0.0162. The molecule has 4 aliphatic rings. The Balaban J connectivity index is 1.03. The molecule has 248 valence electrons. The monoisotopic (exact) mass is 633 g/mol. The van der Waals surface area contributed by atoms with Gasteiger partial charge in [-0.05, 0) is 110 Å². The van der Waals surface area contributed by atoms with Gasteiger partial charge in [-0.15, -0.1) is 10.2 Å². The zero-order valence-electron chi connectivity index (χ0n) is 27.9. The summed E-state index contributed by atoms with van der Waals surface area (Å²) >= 11 is 0. The van der Waals surface area contributed by atoms with Gasteiger partial charge in [0, 0.05) is 55.2 Å². The van der Waals surface area contributed by atoms with E-state index in [0.29, 0.717) is 18.3 Å². The number of rotatable bonds is 8. The summed E-state index contributed by atoms with van der Waals surface area (Å²) in [6, 6.07) is 3.93. The first kappa shape index (κ1) is 32.3. The summed E-state index contributed by atoms with van der Waals surface area (Å²) < 4.78 is 20.4. The van der Waals surface area contributed by atoms with Crippen LogP contribution in [0.15, 0.2) is 35.7 Å². The summed E-state index contributed by atoms with van der Waals surface area (Å²) in [6.45, 7) is 15.4. The molecule has 2 amide bonds. The lowest BCUT2D eigenvalue weighted by Gasteiger charge is -2.54. The molecular formula is C35H48FN7O3. The van der Waals surface area contributed by atoms with Gasteiger partial charge in [-0.1, -0.05) is 5.57 Å². The second kappa shape index (κ2) is 12.9. The Labute approximate surface area is 271 Å². The first-order valence-electron chi connectivity index (χ1n) is 16.9. The molecule has 2 spiro atoms. The number of allylic oxidation sites excluding steroid dienone is 1. The second-order valence-corrected chi connectivity index (χ2v) is 14.5. The summed E-state index contributed by atoms with van der Waals surface area (Å²) in [5.41, 5.74) is 2.51. The topological polar surface area (TPSA) is 104 Å². The largest absolute Gasteiger partial charge is 0.434 e. The van der Waals surface area contributed by atoms with Gasteiger partial charge in [0.2, 0.25) is 5.91 Å². The van der Waals surface area contributed by atoms with Crippen LogP contribution in [-0.4, -0.2) is 87.6 Å². The molecule has 1 aliphatic carbocycles. The lowest BCUT2D eigenvalue weighted by atomic mass is 9.71. The second-order valence-electron chi connectivity index (χ2n) is 14.5. The third-order valence-electron chi connectivity index (χ3n) is 10.8. The van der Waals surface area contributed by atoms with E-state index in [2.05, 4.69) is 30.3 Å². The maximum Gasteiger partial charge on any atom is 0.282 e. The number of piperidine rings is 1. The zero-order chi connectivity index (χ0) is 32.6. The highest BCUT2D eigenvalue weighted by molar-refractivity contribution is 5.98. The summed E-state index contributed by atoms with van der Waals surface area (Å²) in [4.78, 5) is 36.8. The van der Waals surface area contributed by atoms with Gasteiger partial charge in [-0.2, -0.15) is 0 Å². The molecule has 1 aromatic heterocycles. The van der Waals surface area contributed by atoms with Gasteiger partial charge in [-0.3, -0.25) is 9.59 Å². The molecule has 0 bridgehead atoms. The molecule has 1 N–H and O–H groups in total. The number of halogens is 1. The van der Waals surface area contributed by atoms with Crippen molar-refractivity contribution in [3.05, 3.63) is 47.1 Å². The maximum atomic E-state index is 14.3. The molecule has 1 aromatic carbocycles. The van der Waals surface area contributed by atoms with Gasteiger partial charge < -0.3 is 24.8 Å². The summed E-state index contributed by atoms with van der Waals surface area (Å²) in [7, 11) is 0. The van der Waals surface area contributed by atoms with Crippen LogP contribution in [0.4, 0.5) is 10.2 Å². The summed E-state index contributed by atoms with van der Waals surface area (Å²) in [6.07, 6.45) is 9.06. The third-order valence-corrected chi connectivity index (χ3v) is 10.8. The summed E-state index contributed by atoms with van der Waals surface area (Å²) in [5, 5.41) is 11.5. The number of nitrogens with one attached hydrogen (secondary N) is 1. The predicted octanol–water partition coefficient (Wildman–Crippen LogP) is 5.36. The molecule has 4 fully saturated rings. The van der Waals surface area contributed by atoms with E-state index >= 15 is 0 Å². The van der Waals surface area contributed by atoms with Crippen molar-refractivity contribution in [1.82, 2.24) is 30.3 Å². The van der Waals surface area contributed by atoms with Crippen LogP contribution in [0.25, 0.3) is 0 Å². The van der Waals surface area contributed by atoms with Gasteiger partial charge in [0.25, 0.3) is 11.8 Å². The number of carbonyl (C=O) groups excluding carboxylic acids is 2. The zero-order valence-corrected chi connectivity index (χ0v) is 27.9. The van der Waals surface area contributed by atoms with Crippen molar-refractivity contribution in [2.45, 2.75) is 91.1 Å². The number of nitrogens with zero attached hydrogens (tertiary/aromatic N) is 6. The standard InChI is InChI=1S/C35H48FN7O3/c1-6-43(24(4)5)33(45)27-17-26(36)7-8-29(27)46-32-30(37-22-38-40-32)42-20-34(21-42)13-15-41(16-14-34)19-25-9-11-35(12-10-25)18-28(23(2)3)31(44)39-35/h7-8,17,22,24-25H,6,9-16,18-21H2,1-5H3,(H,39,44). The number of carbonyl (C=O) groups is 2. The number of benzene rings is 1. The number of likely N-dealkylation sites (tertiary alicyclic amines) is 1. The van der Waals surface area contributed by atoms with Crippen LogP contribution in [0, 0.1) is 17.2 Å². The van der Waals surface area contributed by atoms with Crippen LogP contribution in [0.2, 0.25) is 0 Å². The third kappa shape index (κ3) is 6.48. The van der Waals surface area contributed by atoms with Crippen LogP contribution in [-0.2, 0) is 4.79 Å². The highest BCUT2D eigenvalue weighted by Gasteiger charge is 2.47.